The number of rotatable bonds is 8. The minimum absolute atomic E-state index is 0.201. The van der Waals surface area contributed by atoms with Crippen LogP contribution < -0.4 is 15.5 Å². The predicted octanol–water partition coefficient (Wildman–Crippen LogP) is 4.01. The number of carbonyl (C=O) groups is 2. The Labute approximate surface area is 176 Å². The second-order valence-corrected chi connectivity index (χ2v) is 8.48. The monoisotopic (exact) mass is 415 g/mol. The van der Waals surface area contributed by atoms with Crippen LogP contribution in [-0.4, -0.2) is 43.0 Å². The first-order valence-corrected chi connectivity index (χ1v) is 11.5. The fraction of sp³-hybridized carbons (Fsp3) is 0.455. The molecule has 1 fully saturated rings. The summed E-state index contributed by atoms with van der Waals surface area (Å²) in [6.45, 7) is 4.44. The highest BCUT2D eigenvalue weighted by molar-refractivity contribution is 7.98. The predicted molar refractivity (Wildman–Crippen MR) is 119 cm³/mol. The van der Waals surface area contributed by atoms with Gasteiger partial charge in [0.15, 0.2) is 5.76 Å². The zero-order chi connectivity index (χ0) is 20.6. The average molecular weight is 416 g/mol. The van der Waals surface area contributed by atoms with Gasteiger partial charge in [-0.05, 0) is 73.6 Å². The standard InChI is InChI=1S/C22H29N3O3S/c1-16-9-12-25(13-10-16)18-7-5-17(6-8-18)23-21(26)19(11-15-29-2)24-22(27)20-4-3-14-28-20/h3-8,14,16,19H,9-13,15H2,1-2H3,(H,23,26)(H,24,27). The smallest absolute Gasteiger partial charge is 0.287 e. The maximum absolute atomic E-state index is 12.8. The van der Waals surface area contributed by atoms with Crippen LogP contribution in [0.4, 0.5) is 11.4 Å². The van der Waals surface area contributed by atoms with Gasteiger partial charge >= 0.3 is 0 Å². The second kappa shape index (κ2) is 10.4. The molecule has 2 aromatic rings. The molecular formula is C22H29N3O3S. The minimum Gasteiger partial charge on any atom is -0.459 e. The molecule has 0 bridgehead atoms. The van der Waals surface area contributed by atoms with E-state index in [4.69, 9.17) is 4.42 Å². The Bertz CT molecular complexity index is 784. The van der Waals surface area contributed by atoms with Crippen LogP contribution in [-0.2, 0) is 4.79 Å². The molecule has 6 nitrogen and oxygen atoms in total. The van der Waals surface area contributed by atoms with E-state index in [0.29, 0.717) is 6.42 Å². The van der Waals surface area contributed by atoms with Crippen molar-refractivity contribution < 1.29 is 14.0 Å². The van der Waals surface area contributed by atoms with E-state index < -0.39 is 6.04 Å². The van der Waals surface area contributed by atoms with Crippen LogP contribution in [0.1, 0.15) is 36.7 Å². The van der Waals surface area contributed by atoms with Gasteiger partial charge in [-0.15, -0.1) is 0 Å². The van der Waals surface area contributed by atoms with E-state index in [1.54, 1.807) is 23.9 Å². The number of nitrogens with one attached hydrogen (secondary N) is 2. The number of anilines is 2. The summed E-state index contributed by atoms with van der Waals surface area (Å²) in [5, 5.41) is 5.70. The van der Waals surface area contributed by atoms with E-state index in [9.17, 15) is 9.59 Å². The quantitative estimate of drug-likeness (QED) is 0.681. The van der Waals surface area contributed by atoms with Gasteiger partial charge in [0.2, 0.25) is 5.91 Å². The molecule has 29 heavy (non-hydrogen) atoms. The van der Waals surface area contributed by atoms with E-state index in [1.165, 1.54) is 24.8 Å². The molecule has 3 rings (SSSR count). The molecule has 1 aromatic carbocycles. The molecule has 0 radical (unpaired) electrons. The van der Waals surface area contributed by atoms with E-state index >= 15 is 0 Å². The van der Waals surface area contributed by atoms with Crippen LogP contribution in [0.15, 0.2) is 47.1 Å². The molecule has 1 atom stereocenters. The van der Waals surface area contributed by atoms with Gasteiger partial charge in [-0.25, -0.2) is 0 Å². The Morgan fingerprint density at radius 3 is 2.55 bits per heavy atom. The molecule has 0 saturated carbocycles. The van der Waals surface area contributed by atoms with Crippen molar-refractivity contribution in [2.24, 2.45) is 5.92 Å². The van der Waals surface area contributed by atoms with Crippen molar-refractivity contribution in [1.29, 1.82) is 0 Å². The van der Waals surface area contributed by atoms with Crippen LogP contribution in [0.25, 0.3) is 0 Å². The molecule has 1 aliphatic heterocycles. The van der Waals surface area contributed by atoms with Crippen molar-refractivity contribution in [2.45, 2.75) is 32.2 Å². The Balaban J connectivity index is 1.60. The zero-order valence-corrected chi connectivity index (χ0v) is 17.8. The molecular weight excluding hydrogens is 386 g/mol. The average Bonchev–Trinajstić information content (AvgIpc) is 3.27. The summed E-state index contributed by atoms with van der Waals surface area (Å²) in [6.07, 6.45) is 6.39. The summed E-state index contributed by atoms with van der Waals surface area (Å²) < 4.78 is 5.12. The van der Waals surface area contributed by atoms with Gasteiger partial charge in [0.1, 0.15) is 6.04 Å². The molecule has 7 heteroatoms. The summed E-state index contributed by atoms with van der Waals surface area (Å²) in [6, 6.07) is 10.5. The van der Waals surface area contributed by atoms with Crippen LogP contribution in [0.2, 0.25) is 0 Å². The van der Waals surface area contributed by atoms with Gasteiger partial charge in [-0.2, -0.15) is 11.8 Å². The fourth-order valence-electron chi connectivity index (χ4n) is 3.39. The lowest BCUT2D eigenvalue weighted by Gasteiger charge is -2.32. The number of amides is 2. The topological polar surface area (TPSA) is 74.6 Å². The highest BCUT2D eigenvalue weighted by Gasteiger charge is 2.22. The maximum Gasteiger partial charge on any atom is 0.287 e. The van der Waals surface area contributed by atoms with E-state index in [1.807, 2.05) is 30.5 Å². The Hall–Kier alpha value is -2.41. The van der Waals surface area contributed by atoms with Crippen LogP contribution in [0.5, 0.6) is 0 Å². The minimum atomic E-state index is -0.622. The van der Waals surface area contributed by atoms with Crippen LogP contribution in [0, 0.1) is 5.92 Å². The summed E-state index contributed by atoms with van der Waals surface area (Å²) in [7, 11) is 0. The third kappa shape index (κ3) is 6.03. The van der Waals surface area contributed by atoms with Crippen molar-refractivity contribution in [1.82, 2.24) is 5.32 Å². The number of piperidine rings is 1. The molecule has 2 amide bonds. The van der Waals surface area contributed by atoms with Gasteiger partial charge in [-0.1, -0.05) is 6.92 Å². The fourth-order valence-corrected chi connectivity index (χ4v) is 3.86. The van der Waals surface area contributed by atoms with Gasteiger partial charge in [0, 0.05) is 24.5 Å². The third-order valence-corrected chi connectivity index (χ3v) is 5.91. The van der Waals surface area contributed by atoms with Gasteiger partial charge in [0.05, 0.1) is 6.26 Å². The van der Waals surface area contributed by atoms with Crippen LogP contribution in [0.3, 0.4) is 0 Å². The number of carbonyl (C=O) groups excluding carboxylic acids is 2. The molecule has 1 saturated heterocycles. The summed E-state index contributed by atoms with van der Waals surface area (Å²) in [5.41, 5.74) is 1.91. The largest absolute Gasteiger partial charge is 0.459 e. The third-order valence-electron chi connectivity index (χ3n) is 5.26. The first-order chi connectivity index (χ1) is 14.1. The van der Waals surface area contributed by atoms with Gasteiger partial charge < -0.3 is 20.0 Å². The van der Waals surface area contributed by atoms with Crippen molar-refractivity contribution in [3.63, 3.8) is 0 Å². The Morgan fingerprint density at radius 1 is 1.21 bits per heavy atom. The molecule has 1 aliphatic rings. The molecule has 2 N–H and O–H groups in total. The van der Waals surface area contributed by atoms with Gasteiger partial charge in [-0.3, -0.25) is 9.59 Å². The summed E-state index contributed by atoms with van der Waals surface area (Å²) in [4.78, 5) is 27.4. The van der Waals surface area contributed by atoms with Crippen molar-refractivity contribution in [3.8, 4) is 0 Å². The number of hydrogen-bond acceptors (Lipinski definition) is 5. The number of furan rings is 1. The highest BCUT2D eigenvalue weighted by atomic mass is 32.2. The molecule has 1 aromatic heterocycles. The lowest BCUT2D eigenvalue weighted by molar-refractivity contribution is -0.118. The van der Waals surface area contributed by atoms with Crippen LogP contribution >= 0.6 is 11.8 Å². The van der Waals surface area contributed by atoms with Gasteiger partial charge in [0.25, 0.3) is 5.91 Å². The first kappa shape index (κ1) is 21.3. The normalized spacial score (nSPS) is 15.7. The Kier molecular flexibility index (Phi) is 7.63. The SMILES string of the molecule is CSCCC(NC(=O)c1ccco1)C(=O)Nc1ccc(N2CCC(C)CC2)cc1. The number of benzene rings is 1. The highest BCUT2D eigenvalue weighted by Crippen LogP contribution is 2.24. The van der Waals surface area contributed by atoms with E-state index in [-0.39, 0.29) is 17.6 Å². The number of thioether (sulfide) groups is 1. The molecule has 1 unspecified atom stereocenters. The molecule has 0 aliphatic carbocycles. The first-order valence-electron chi connectivity index (χ1n) is 10.1. The summed E-state index contributed by atoms with van der Waals surface area (Å²) in [5.74, 6) is 1.15. The lowest BCUT2D eigenvalue weighted by Crippen LogP contribution is -2.44. The van der Waals surface area contributed by atoms with Crippen molar-refractivity contribution in [3.05, 3.63) is 48.4 Å². The second-order valence-electron chi connectivity index (χ2n) is 7.49. The lowest BCUT2D eigenvalue weighted by atomic mass is 9.99. The number of nitrogens with zero attached hydrogens (tertiary/aromatic N) is 1. The number of hydrogen-bond donors (Lipinski definition) is 2. The molecule has 0 spiro atoms. The van der Waals surface area contributed by atoms with Crippen molar-refractivity contribution >= 4 is 35.0 Å². The summed E-state index contributed by atoms with van der Waals surface area (Å²) >= 11 is 1.64. The van der Waals surface area contributed by atoms with E-state index in [0.717, 1.165) is 30.4 Å². The molecule has 156 valence electrons. The van der Waals surface area contributed by atoms with Crippen molar-refractivity contribution in [2.75, 3.05) is 35.3 Å². The zero-order valence-electron chi connectivity index (χ0n) is 17.0. The van der Waals surface area contributed by atoms with E-state index in [2.05, 4.69) is 22.5 Å². The maximum atomic E-state index is 12.8. The Morgan fingerprint density at radius 2 is 1.93 bits per heavy atom. The molecule has 2 heterocycles.